The van der Waals surface area contributed by atoms with E-state index in [9.17, 15) is 4.79 Å². The topological polar surface area (TPSA) is 119 Å². The summed E-state index contributed by atoms with van der Waals surface area (Å²) in [4.78, 5) is 21.9. The molecule has 9 nitrogen and oxygen atoms in total. The van der Waals surface area contributed by atoms with Crippen molar-refractivity contribution in [3.63, 3.8) is 0 Å². The van der Waals surface area contributed by atoms with Crippen LogP contribution >= 0.6 is 0 Å². The summed E-state index contributed by atoms with van der Waals surface area (Å²) in [5.41, 5.74) is 10.9. The number of nitrogens with zero attached hydrogens (tertiary/aromatic N) is 4. The minimum Gasteiger partial charge on any atom is -0.474 e. The van der Waals surface area contributed by atoms with E-state index in [2.05, 4.69) is 32.6 Å². The number of nitrogens with one attached hydrogen (secondary N) is 2. The SMILES string of the molecule is Cc1c(C2=CC3=CC(NC(=O)[C@@H]4[C@@H](C)[C@H]4c4cnn(C)c4)=NCC3C(N)=C2F)cnc2c1NCCO2. The average Bonchev–Trinajstić information content (AvgIpc) is 3.36. The number of dihydropyridines is 1. The minimum atomic E-state index is -0.465. The molecule has 0 saturated heterocycles. The van der Waals surface area contributed by atoms with Gasteiger partial charge in [0.15, 0.2) is 0 Å². The van der Waals surface area contributed by atoms with Crippen molar-refractivity contribution in [2.45, 2.75) is 19.8 Å². The molecule has 4 aliphatic rings. The van der Waals surface area contributed by atoms with E-state index < -0.39 is 5.83 Å². The fourth-order valence-electron chi connectivity index (χ4n) is 5.52. The number of hydrogen-bond acceptors (Lipinski definition) is 7. The van der Waals surface area contributed by atoms with Gasteiger partial charge in [0.25, 0.3) is 0 Å². The number of aryl methyl sites for hydroxylation is 1. The number of nitrogens with two attached hydrogens (primary N) is 1. The predicted molar refractivity (Wildman–Crippen MR) is 134 cm³/mol. The van der Waals surface area contributed by atoms with E-state index in [1.807, 2.05) is 26.4 Å². The number of anilines is 1. The molecule has 0 radical (unpaired) electrons. The number of halogens is 1. The zero-order valence-corrected chi connectivity index (χ0v) is 20.4. The number of ether oxygens (including phenoxy) is 1. The highest BCUT2D eigenvalue weighted by atomic mass is 19.1. The lowest BCUT2D eigenvalue weighted by molar-refractivity contribution is -0.121. The number of carbonyl (C=O) groups is 1. The molecule has 4 N–H and O–H groups in total. The average molecular weight is 490 g/mol. The Hall–Kier alpha value is -3.95. The maximum Gasteiger partial charge on any atom is 0.237 e. The van der Waals surface area contributed by atoms with E-state index in [0.717, 1.165) is 22.4 Å². The molecular weight excluding hydrogens is 461 g/mol. The third-order valence-electron chi connectivity index (χ3n) is 7.61. The van der Waals surface area contributed by atoms with Gasteiger partial charge < -0.3 is 21.1 Å². The van der Waals surface area contributed by atoms with Crippen LogP contribution in [0.5, 0.6) is 5.88 Å². The molecule has 1 amide bonds. The van der Waals surface area contributed by atoms with Crippen LogP contribution in [0.25, 0.3) is 5.57 Å². The van der Waals surface area contributed by atoms with Crippen molar-refractivity contribution in [1.29, 1.82) is 0 Å². The molecule has 2 aromatic heterocycles. The number of carbonyl (C=O) groups excluding carboxylic acids is 1. The fourth-order valence-corrected chi connectivity index (χ4v) is 5.52. The highest BCUT2D eigenvalue weighted by Gasteiger charge is 2.53. The highest BCUT2D eigenvalue weighted by Crippen LogP contribution is 2.53. The first-order valence-corrected chi connectivity index (χ1v) is 12.1. The molecule has 6 rings (SSSR count). The standard InChI is InChI=1S/C26H28FN7O2/c1-12-17(9-31-26-24(12)29-4-5-36-26)16-6-14-7-19(30-10-18(14)23(28)22(16)27)33-25(35)21-13(2)20(21)15-8-32-34(3)11-15/h6-9,11,13,18,20-21,29H,4-5,10,28H2,1-3H3,(H,30,33,35)/t13-,18?,20-,21+/m0/s1. The van der Waals surface area contributed by atoms with E-state index in [-0.39, 0.29) is 41.8 Å². The Bertz CT molecular complexity index is 1400. The largest absolute Gasteiger partial charge is 0.474 e. The minimum absolute atomic E-state index is 0.0686. The summed E-state index contributed by atoms with van der Waals surface area (Å²) >= 11 is 0. The maximum atomic E-state index is 15.4. The van der Waals surface area contributed by atoms with Crippen LogP contribution in [0.4, 0.5) is 10.1 Å². The number of allylic oxidation sites excluding steroid dienone is 3. The van der Waals surface area contributed by atoms with Crippen LogP contribution < -0.4 is 21.1 Å². The lowest BCUT2D eigenvalue weighted by Gasteiger charge is -2.28. The number of aliphatic imine (C=N–C) groups is 1. The van der Waals surface area contributed by atoms with Gasteiger partial charge in [0.2, 0.25) is 11.8 Å². The molecule has 1 fully saturated rings. The second-order valence-corrected chi connectivity index (χ2v) is 9.85. The van der Waals surface area contributed by atoms with Crippen molar-refractivity contribution in [2.24, 2.45) is 35.5 Å². The van der Waals surface area contributed by atoms with Gasteiger partial charge in [-0.05, 0) is 41.7 Å². The number of amides is 1. The summed E-state index contributed by atoms with van der Waals surface area (Å²) in [6, 6.07) is 0. The molecule has 0 aromatic carbocycles. The van der Waals surface area contributed by atoms with E-state index in [1.54, 1.807) is 23.0 Å². The Morgan fingerprint density at radius 1 is 1.33 bits per heavy atom. The van der Waals surface area contributed by atoms with Crippen molar-refractivity contribution in [3.8, 4) is 5.88 Å². The highest BCUT2D eigenvalue weighted by molar-refractivity contribution is 6.07. The third-order valence-corrected chi connectivity index (χ3v) is 7.61. The number of aromatic nitrogens is 3. The van der Waals surface area contributed by atoms with Gasteiger partial charge in [-0.3, -0.25) is 14.5 Å². The molecule has 1 saturated carbocycles. The van der Waals surface area contributed by atoms with Gasteiger partial charge in [-0.1, -0.05) is 6.92 Å². The Kier molecular flexibility index (Phi) is 5.20. The van der Waals surface area contributed by atoms with Crippen LogP contribution in [0, 0.1) is 24.7 Å². The van der Waals surface area contributed by atoms with Gasteiger partial charge in [-0.15, -0.1) is 0 Å². The van der Waals surface area contributed by atoms with Crippen LogP contribution in [0.15, 0.2) is 52.8 Å². The summed E-state index contributed by atoms with van der Waals surface area (Å²) < 4.78 is 22.8. The molecule has 10 heteroatoms. The number of hydrogen-bond donors (Lipinski definition) is 3. The van der Waals surface area contributed by atoms with Crippen LogP contribution in [0.2, 0.25) is 0 Å². The van der Waals surface area contributed by atoms with Gasteiger partial charge in [-0.2, -0.15) is 5.10 Å². The molecule has 2 aliphatic carbocycles. The lowest BCUT2D eigenvalue weighted by Crippen LogP contribution is -2.35. The van der Waals surface area contributed by atoms with E-state index in [4.69, 9.17) is 10.5 Å². The fraction of sp³-hybridized carbons (Fsp3) is 0.385. The summed E-state index contributed by atoms with van der Waals surface area (Å²) in [7, 11) is 1.87. The third kappa shape index (κ3) is 3.59. The molecule has 2 aliphatic heterocycles. The van der Waals surface area contributed by atoms with Crippen molar-refractivity contribution in [2.75, 3.05) is 25.0 Å². The molecule has 4 atom stereocenters. The molecule has 36 heavy (non-hydrogen) atoms. The van der Waals surface area contributed by atoms with Crippen molar-refractivity contribution >= 4 is 23.0 Å². The van der Waals surface area contributed by atoms with Gasteiger partial charge in [0.1, 0.15) is 24.0 Å². The van der Waals surface area contributed by atoms with Gasteiger partial charge in [0, 0.05) is 54.9 Å². The smallest absolute Gasteiger partial charge is 0.237 e. The normalized spacial score (nSPS) is 26.5. The van der Waals surface area contributed by atoms with Crippen LogP contribution in [-0.2, 0) is 11.8 Å². The van der Waals surface area contributed by atoms with Crippen molar-refractivity contribution in [3.05, 3.63) is 64.5 Å². The van der Waals surface area contributed by atoms with Gasteiger partial charge in [-0.25, -0.2) is 9.37 Å². The second kappa shape index (κ2) is 8.32. The first-order valence-electron chi connectivity index (χ1n) is 12.1. The Labute approximate surface area is 208 Å². The molecular formula is C26H28FN7O2. The lowest BCUT2D eigenvalue weighted by atomic mass is 9.83. The Balaban J connectivity index is 1.26. The number of amidine groups is 1. The van der Waals surface area contributed by atoms with E-state index in [0.29, 0.717) is 36.0 Å². The quantitative estimate of drug-likeness (QED) is 0.610. The second-order valence-electron chi connectivity index (χ2n) is 9.85. The van der Waals surface area contributed by atoms with Crippen LogP contribution in [0.3, 0.4) is 0 Å². The van der Waals surface area contributed by atoms with E-state index >= 15 is 4.39 Å². The van der Waals surface area contributed by atoms with Crippen LogP contribution in [0.1, 0.15) is 29.5 Å². The first kappa shape index (κ1) is 22.5. The van der Waals surface area contributed by atoms with Gasteiger partial charge in [0.05, 0.1) is 18.4 Å². The molecule has 186 valence electrons. The first-order chi connectivity index (χ1) is 17.3. The molecule has 0 bridgehead atoms. The summed E-state index contributed by atoms with van der Waals surface area (Å²) in [5, 5.41) is 10.5. The molecule has 1 unspecified atom stereocenters. The predicted octanol–water partition coefficient (Wildman–Crippen LogP) is 2.59. The van der Waals surface area contributed by atoms with Gasteiger partial charge >= 0.3 is 0 Å². The monoisotopic (exact) mass is 489 g/mol. The molecule has 4 heterocycles. The Morgan fingerprint density at radius 3 is 2.94 bits per heavy atom. The summed E-state index contributed by atoms with van der Waals surface area (Å²) in [6.07, 6.45) is 8.97. The number of pyridine rings is 1. The van der Waals surface area contributed by atoms with Crippen molar-refractivity contribution in [1.82, 2.24) is 20.1 Å². The molecule has 0 spiro atoms. The summed E-state index contributed by atoms with van der Waals surface area (Å²) in [5.74, 6) is 0.322. The number of fused-ring (bicyclic) bond motifs is 2. The Morgan fingerprint density at radius 2 is 2.17 bits per heavy atom. The maximum absolute atomic E-state index is 15.4. The summed E-state index contributed by atoms with van der Waals surface area (Å²) in [6.45, 7) is 5.44. The number of rotatable bonds is 3. The van der Waals surface area contributed by atoms with Crippen LogP contribution in [-0.4, -0.2) is 46.2 Å². The zero-order chi connectivity index (χ0) is 25.1. The van der Waals surface area contributed by atoms with Crippen molar-refractivity contribution < 1.29 is 13.9 Å². The molecule has 2 aromatic rings. The van der Waals surface area contributed by atoms with E-state index in [1.165, 1.54) is 0 Å². The zero-order valence-electron chi connectivity index (χ0n) is 20.4.